The first-order valence-electron chi connectivity index (χ1n) is 6.34. The molecule has 1 aromatic heterocycles. The van der Waals surface area contributed by atoms with Crippen LogP contribution in [0.5, 0.6) is 0 Å². The molecule has 1 unspecified atom stereocenters. The highest BCUT2D eigenvalue weighted by Crippen LogP contribution is 2.10. The Morgan fingerprint density at radius 1 is 1.44 bits per heavy atom. The number of rotatable bonds is 7. The lowest BCUT2D eigenvalue weighted by atomic mass is 10.0. The zero-order valence-corrected chi connectivity index (χ0v) is 11.1. The molecule has 0 saturated carbocycles. The van der Waals surface area contributed by atoms with Crippen molar-refractivity contribution in [3.63, 3.8) is 0 Å². The van der Waals surface area contributed by atoms with Crippen molar-refractivity contribution in [2.75, 3.05) is 7.05 Å². The molecule has 1 N–H and O–H groups in total. The maximum atomic E-state index is 4.38. The fraction of sp³-hybridized carbons (Fsp3) is 0.769. The van der Waals surface area contributed by atoms with Crippen molar-refractivity contribution in [1.29, 1.82) is 0 Å². The van der Waals surface area contributed by atoms with E-state index in [1.807, 2.05) is 11.7 Å². The Labute approximate surface area is 99.2 Å². The quantitative estimate of drug-likeness (QED) is 0.720. The summed E-state index contributed by atoms with van der Waals surface area (Å²) in [6, 6.07) is 2.77. The van der Waals surface area contributed by atoms with Crippen molar-refractivity contribution in [1.82, 2.24) is 15.1 Å². The van der Waals surface area contributed by atoms with Crippen LogP contribution in [-0.4, -0.2) is 22.9 Å². The van der Waals surface area contributed by atoms with E-state index in [1.165, 1.54) is 31.4 Å². The van der Waals surface area contributed by atoms with E-state index in [4.69, 9.17) is 0 Å². The molecule has 3 heteroatoms. The Bertz CT molecular complexity index is 304. The number of hydrogen-bond acceptors (Lipinski definition) is 2. The summed E-state index contributed by atoms with van der Waals surface area (Å²) in [5.74, 6) is 0. The van der Waals surface area contributed by atoms with Crippen LogP contribution >= 0.6 is 0 Å². The summed E-state index contributed by atoms with van der Waals surface area (Å²) in [5, 5.41) is 7.79. The van der Waals surface area contributed by atoms with Gasteiger partial charge in [-0.15, -0.1) is 0 Å². The molecule has 0 spiro atoms. The topological polar surface area (TPSA) is 29.9 Å². The van der Waals surface area contributed by atoms with Gasteiger partial charge in [0, 0.05) is 25.2 Å². The lowest BCUT2D eigenvalue weighted by Crippen LogP contribution is -2.28. The number of hydrogen-bond donors (Lipinski definition) is 1. The fourth-order valence-corrected chi connectivity index (χ4v) is 2.10. The van der Waals surface area contributed by atoms with E-state index in [9.17, 15) is 0 Å². The average molecular weight is 223 g/mol. The zero-order chi connectivity index (χ0) is 12.0. The molecule has 1 atom stereocenters. The van der Waals surface area contributed by atoms with Crippen LogP contribution in [0, 0.1) is 6.92 Å². The monoisotopic (exact) mass is 223 g/mol. The van der Waals surface area contributed by atoms with Gasteiger partial charge in [-0.05, 0) is 26.5 Å². The van der Waals surface area contributed by atoms with Gasteiger partial charge in [-0.25, -0.2) is 0 Å². The van der Waals surface area contributed by atoms with Gasteiger partial charge in [-0.3, -0.25) is 4.68 Å². The third-order valence-corrected chi connectivity index (χ3v) is 3.12. The lowest BCUT2D eigenvalue weighted by Gasteiger charge is -2.15. The molecular formula is C13H25N3. The minimum absolute atomic E-state index is 0.585. The van der Waals surface area contributed by atoms with Crippen molar-refractivity contribution >= 4 is 0 Å². The number of unbranched alkanes of at least 4 members (excludes halogenated alkanes) is 2. The van der Waals surface area contributed by atoms with Gasteiger partial charge in [-0.2, -0.15) is 5.10 Å². The molecule has 1 heterocycles. The molecule has 1 aromatic rings. The highest BCUT2D eigenvalue weighted by molar-refractivity contribution is 5.09. The summed E-state index contributed by atoms with van der Waals surface area (Å²) in [5.41, 5.74) is 2.44. The highest BCUT2D eigenvalue weighted by atomic mass is 15.3. The molecule has 0 bridgehead atoms. The summed E-state index contributed by atoms with van der Waals surface area (Å²) < 4.78 is 2.00. The van der Waals surface area contributed by atoms with Gasteiger partial charge in [0.15, 0.2) is 0 Å². The van der Waals surface area contributed by atoms with Gasteiger partial charge in [0.25, 0.3) is 0 Å². The molecule has 0 radical (unpaired) electrons. The van der Waals surface area contributed by atoms with Crippen molar-refractivity contribution in [2.45, 2.75) is 52.0 Å². The van der Waals surface area contributed by atoms with Gasteiger partial charge in [0.1, 0.15) is 0 Å². The van der Waals surface area contributed by atoms with Gasteiger partial charge in [-0.1, -0.05) is 26.2 Å². The van der Waals surface area contributed by atoms with E-state index < -0.39 is 0 Å². The number of nitrogens with zero attached hydrogens (tertiary/aromatic N) is 2. The minimum atomic E-state index is 0.585. The van der Waals surface area contributed by atoms with Crippen LogP contribution in [0.4, 0.5) is 0 Å². The molecular weight excluding hydrogens is 198 g/mol. The molecule has 0 aliphatic heterocycles. The van der Waals surface area contributed by atoms with Crippen LogP contribution in [0.25, 0.3) is 0 Å². The molecule has 0 fully saturated rings. The van der Waals surface area contributed by atoms with E-state index in [-0.39, 0.29) is 0 Å². The number of nitrogens with one attached hydrogen (secondary N) is 1. The standard InChI is InChI=1S/C13H25N3/c1-5-6-7-8-12(14-3)10-13-9-11(2)15-16(13)4/h9,12,14H,5-8,10H2,1-4H3. The maximum Gasteiger partial charge on any atom is 0.0596 e. The third kappa shape index (κ3) is 3.97. The largest absolute Gasteiger partial charge is 0.317 e. The van der Waals surface area contributed by atoms with Crippen LogP contribution in [0.2, 0.25) is 0 Å². The van der Waals surface area contributed by atoms with E-state index in [0.29, 0.717) is 6.04 Å². The Morgan fingerprint density at radius 3 is 2.69 bits per heavy atom. The van der Waals surface area contributed by atoms with Crippen LogP contribution < -0.4 is 5.32 Å². The minimum Gasteiger partial charge on any atom is -0.317 e. The highest BCUT2D eigenvalue weighted by Gasteiger charge is 2.10. The van der Waals surface area contributed by atoms with E-state index >= 15 is 0 Å². The molecule has 16 heavy (non-hydrogen) atoms. The molecule has 0 saturated heterocycles. The lowest BCUT2D eigenvalue weighted by molar-refractivity contribution is 0.477. The van der Waals surface area contributed by atoms with E-state index in [0.717, 1.165) is 12.1 Å². The van der Waals surface area contributed by atoms with Crippen molar-refractivity contribution in [3.8, 4) is 0 Å². The number of aromatic nitrogens is 2. The molecule has 0 aliphatic carbocycles. The first-order chi connectivity index (χ1) is 7.67. The van der Waals surface area contributed by atoms with Crippen molar-refractivity contribution < 1.29 is 0 Å². The van der Waals surface area contributed by atoms with Crippen molar-refractivity contribution in [2.24, 2.45) is 7.05 Å². The van der Waals surface area contributed by atoms with E-state index in [1.54, 1.807) is 0 Å². The van der Waals surface area contributed by atoms with Crippen LogP contribution in [0.3, 0.4) is 0 Å². The number of likely N-dealkylation sites (N-methyl/N-ethyl adjacent to an activating group) is 1. The smallest absolute Gasteiger partial charge is 0.0596 e. The first-order valence-corrected chi connectivity index (χ1v) is 6.34. The Hall–Kier alpha value is -0.830. The summed E-state index contributed by atoms with van der Waals surface area (Å²) in [4.78, 5) is 0. The van der Waals surface area contributed by atoms with Gasteiger partial charge < -0.3 is 5.32 Å². The average Bonchev–Trinajstić information content (AvgIpc) is 2.56. The Balaban J connectivity index is 2.46. The molecule has 0 aliphatic rings. The maximum absolute atomic E-state index is 4.38. The van der Waals surface area contributed by atoms with E-state index in [2.05, 4.69) is 37.4 Å². The normalized spacial score (nSPS) is 13.0. The molecule has 1 rings (SSSR count). The fourth-order valence-electron chi connectivity index (χ4n) is 2.10. The molecule has 3 nitrogen and oxygen atoms in total. The summed E-state index contributed by atoms with van der Waals surface area (Å²) in [6.07, 6.45) is 6.29. The summed E-state index contributed by atoms with van der Waals surface area (Å²) >= 11 is 0. The Morgan fingerprint density at radius 2 is 2.19 bits per heavy atom. The summed E-state index contributed by atoms with van der Waals surface area (Å²) in [6.45, 7) is 4.30. The number of aryl methyl sites for hydroxylation is 2. The second-order valence-electron chi connectivity index (χ2n) is 4.59. The van der Waals surface area contributed by atoms with Gasteiger partial charge >= 0.3 is 0 Å². The molecule has 0 amide bonds. The third-order valence-electron chi connectivity index (χ3n) is 3.12. The molecule has 92 valence electrons. The van der Waals surface area contributed by atoms with Gasteiger partial charge in [0.05, 0.1) is 5.69 Å². The Kier molecular flexibility index (Phi) is 5.53. The van der Waals surface area contributed by atoms with Crippen molar-refractivity contribution in [3.05, 3.63) is 17.5 Å². The van der Waals surface area contributed by atoms with Crippen LogP contribution in [-0.2, 0) is 13.5 Å². The second kappa shape index (κ2) is 6.69. The van der Waals surface area contributed by atoms with Gasteiger partial charge in [0.2, 0.25) is 0 Å². The second-order valence-corrected chi connectivity index (χ2v) is 4.59. The zero-order valence-electron chi connectivity index (χ0n) is 11.1. The first kappa shape index (κ1) is 13.2. The van der Waals surface area contributed by atoms with Crippen LogP contribution in [0.15, 0.2) is 6.07 Å². The SMILES string of the molecule is CCCCCC(Cc1cc(C)nn1C)NC. The summed E-state index contributed by atoms with van der Waals surface area (Å²) in [7, 11) is 4.08. The van der Waals surface area contributed by atoms with Crippen LogP contribution in [0.1, 0.15) is 44.0 Å². The predicted octanol–water partition coefficient (Wildman–Crippen LogP) is 2.44. The molecule has 0 aromatic carbocycles. The predicted molar refractivity (Wildman–Crippen MR) is 68.6 cm³/mol.